The van der Waals surface area contributed by atoms with Crippen molar-refractivity contribution in [2.45, 2.75) is 65.4 Å². The lowest BCUT2D eigenvalue weighted by Gasteiger charge is -2.46. The molecule has 0 amide bonds. The second-order valence-electron chi connectivity index (χ2n) is 6.80. The molecule has 1 N–H and O–H groups in total. The number of aromatic nitrogens is 1. The van der Waals surface area contributed by atoms with Crippen molar-refractivity contribution in [3.63, 3.8) is 0 Å². The van der Waals surface area contributed by atoms with Crippen LogP contribution in [0.3, 0.4) is 0 Å². The fraction of sp³-hybridized carbons (Fsp3) is 0.800. The van der Waals surface area contributed by atoms with Gasteiger partial charge >= 0.3 is 0 Å². The van der Waals surface area contributed by atoms with Crippen LogP contribution in [0.2, 0.25) is 0 Å². The van der Waals surface area contributed by atoms with Gasteiger partial charge in [-0.25, -0.2) is 4.98 Å². The molecule has 1 aliphatic carbocycles. The van der Waals surface area contributed by atoms with Crippen LogP contribution in [-0.4, -0.2) is 15.7 Å². The lowest BCUT2D eigenvalue weighted by molar-refractivity contribution is -0.0894. The summed E-state index contributed by atoms with van der Waals surface area (Å²) in [5, 5.41) is 14.3. The van der Waals surface area contributed by atoms with Crippen molar-refractivity contribution in [2.75, 3.05) is 0 Å². The fourth-order valence-corrected chi connectivity index (χ4v) is 4.09. The van der Waals surface area contributed by atoms with Gasteiger partial charge in [0.2, 0.25) is 0 Å². The maximum atomic E-state index is 11.1. The van der Waals surface area contributed by atoms with E-state index < -0.39 is 5.60 Å². The molecule has 2 atom stereocenters. The third-order valence-corrected chi connectivity index (χ3v) is 5.02. The molecule has 1 aliphatic rings. The minimum absolute atomic E-state index is 0.167. The molecule has 0 aliphatic heterocycles. The highest BCUT2D eigenvalue weighted by atomic mass is 32.1. The molecule has 2 rings (SSSR count). The Hall–Kier alpha value is -0.410. The summed E-state index contributed by atoms with van der Waals surface area (Å²) in [6.45, 7) is 8.78. The monoisotopic (exact) mass is 267 g/mol. The van der Waals surface area contributed by atoms with Crippen molar-refractivity contribution in [2.24, 2.45) is 11.3 Å². The van der Waals surface area contributed by atoms with Crippen molar-refractivity contribution < 1.29 is 5.11 Å². The van der Waals surface area contributed by atoms with Gasteiger partial charge in [-0.15, -0.1) is 11.3 Å². The third kappa shape index (κ3) is 2.94. The first-order valence-corrected chi connectivity index (χ1v) is 7.83. The summed E-state index contributed by atoms with van der Waals surface area (Å²) >= 11 is 1.68. The van der Waals surface area contributed by atoms with Crippen LogP contribution in [-0.2, 0) is 6.42 Å². The van der Waals surface area contributed by atoms with Gasteiger partial charge in [0.1, 0.15) is 0 Å². The molecule has 1 aromatic heterocycles. The number of aryl methyl sites for hydroxylation is 1. The topological polar surface area (TPSA) is 33.1 Å². The van der Waals surface area contributed by atoms with Crippen LogP contribution < -0.4 is 0 Å². The lowest BCUT2D eigenvalue weighted by Crippen LogP contribution is -2.48. The first-order valence-electron chi connectivity index (χ1n) is 6.95. The molecule has 0 spiro atoms. The van der Waals surface area contributed by atoms with Crippen LogP contribution in [0, 0.1) is 18.3 Å². The van der Waals surface area contributed by atoms with Gasteiger partial charge in [-0.05, 0) is 31.1 Å². The Bertz CT molecular complexity index is 407. The number of aliphatic hydroxyl groups is 1. The van der Waals surface area contributed by atoms with Gasteiger partial charge in [0.15, 0.2) is 0 Å². The van der Waals surface area contributed by atoms with Gasteiger partial charge in [-0.2, -0.15) is 0 Å². The van der Waals surface area contributed by atoms with E-state index in [2.05, 4.69) is 31.1 Å². The number of thiazole rings is 1. The molecule has 2 nitrogen and oxygen atoms in total. The molecule has 2 unspecified atom stereocenters. The second-order valence-corrected chi connectivity index (χ2v) is 7.86. The van der Waals surface area contributed by atoms with E-state index in [1.165, 1.54) is 6.42 Å². The SMILES string of the molecule is Cc1nc(CC2(O)CCCCC2C(C)(C)C)cs1. The highest BCUT2D eigenvalue weighted by Crippen LogP contribution is 2.45. The van der Waals surface area contributed by atoms with Crippen molar-refractivity contribution >= 4 is 11.3 Å². The zero-order valence-corrected chi connectivity index (χ0v) is 12.8. The summed E-state index contributed by atoms with van der Waals surface area (Å²) in [7, 11) is 0. The molecular formula is C15H25NOS. The molecule has 1 fully saturated rings. The molecule has 1 aromatic rings. The van der Waals surface area contributed by atoms with E-state index in [4.69, 9.17) is 0 Å². The number of hydrogen-bond donors (Lipinski definition) is 1. The molecule has 0 bridgehead atoms. The van der Waals surface area contributed by atoms with E-state index in [9.17, 15) is 5.11 Å². The van der Waals surface area contributed by atoms with Crippen LogP contribution in [0.15, 0.2) is 5.38 Å². The Morgan fingerprint density at radius 1 is 1.44 bits per heavy atom. The number of hydrogen-bond acceptors (Lipinski definition) is 3. The Balaban J connectivity index is 2.20. The van der Waals surface area contributed by atoms with Crippen molar-refractivity contribution in [3.05, 3.63) is 16.1 Å². The minimum atomic E-state index is -0.559. The van der Waals surface area contributed by atoms with Crippen LogP contribution >= 0.6 is 11.3 Å². The maximum Gasteiger partial charge on any atom is 0.0897 e. The highest BCUT2D eigenvalue weighted by molar-refractivity contribution is 7.09. The predicted molar refractivity (Wildman–Crippen MR) is 76.9 cm³/mol. The number of nitrogens with zero attached hydrogens (tertiary/aromatic N) is 1. The molecule has 102 valence electrons. The molecule has 0 aromatic carbocycles. The standard InChI is InChI=1S/C15H25NOS/c1-11-16-12(10-18-11)9-15(17)8-6-5-7-13(15)14(2,3)4/h10,13,17H,5-9H2,1-4H3. The molecule has 0 saturated heterocycles. The summed E-state index contributed by atoms with van der Waals surface area (Å²) in [5.41, 5.74) is 0.674. The summed E-state index contributed by atoms with van der Waals surface area (Å²) in [5.74, 6) is 0.376. The smallest absolute Gasteiger partial charge is 0.0897 e. The predicted octanol–water partition coefficient (Wildman–Crippen LogP) is 3.96. The molecular weight excluding hydrogens is 242 g/mol. The van der Waals surface area contributed by atoms with E-state index in [-0.39, 0.29) is 5.41 Å². The summed E-state index contributed by atoms with van der Waals surface area (Å²) in [6.07, 6.45) is 5.18. The summed E-state index contributed by atoms with van der Waals surface area (Å²) < 4.78 is 0. The van der Waals surface area contributed by atoms with Crippen LogP contribution in [0.5, 0.6) is 0 Å². The van der Waals surface area contributed by atoms with E-state index >= 15 is 0 Å². The van der Waals surface area contributed by atoms with Crippen LogP contribution in [0.1, 0.15) is 57.2 Å². The van der Waals surface area contributed by atoms with Gasteiger partial charge in [0, 0.05) is 11.8 Å². The normalized spacial score (nSPS) is 29.5. The molecule has 1 heterocycles. The third-order valence-electron chi connectivity index (χ3n) is 4.20. The van der Waals surface area contributed by atoms with Crippen molar-refractivity contribution in [1.29, 1.82) is 0 Å². The second kappa shape index (κ2) is 4.93. The summed E-state index contributed by atoms with van der Waals surface area (Å²) in [6, 6.07) is 0. The molecule has 1 saturated carbocycles. The first kappa shape index (κ1) is 14.0. The van der Waals surface area contributed by atoms with E-state index in [1.54, 1.807) is 11.3 Å². The van der Waals surface area contributed by atoms with Crippen LogP contribution in [0.25, 0.3) is 0 Å². The van der Waals surface area contributed by atoms with Crippen LogP contribution in [0.4, 0.5) is 0 Å². The number of rotatable bonds is 2. The molecule has 3 heteroatoms. The highest BCUT2D eigenvalue weighted by Gasteiger charge is 2.44. The van der Waals surface area contributed by atoms with Gasteiger partial charge in [0.25, 0.3) is 0 Å². The van der Waals surface area contributed by atoms with E-state index in [1.807, 2.05) is 6.92 Å². The average molecular weight is 267 g/mol. The van der Waals surface area contributed by atoms with Gasteiger partial charge in [-0.3, -0.25) is 0 Å². The van der Waals surface area contributed by atoms with Crippen molar-refractivity contribution in [1.82, 2.24) is 4.98 Å². The Morgan fingerprint density at radius 2 is 2.17 bits per heavy atom. The maximum absolute atomic E-state index is 11.1. The largest absolute Gasteiger partial charge is 0.389 e. The first-order chi connectivity index (χ1) is 8.31. The van der Waals surface area contributed by atoms with Gasteiger partial charge in [0.05, 0.1) is 16.3 Å². The Kier molecular flexibility index (Phi) is 3.84. The van der Waals surface area contributed by atoms with Gasteiger partial charge < -0.3 is 5.11 Å². The lowest BCUT2D eigenvalue weighted by atomic mass is 9.62. The minimum Gasteiger partial charge on any atom is -0.389 e. The zero-order valence-electron chi connectivity index (χ0n) is 12.0. The van der Waals surface area contributed by atoms with E-state index in [0.29, 0.717) is 5.92 Å². The average Bonchev–Trinajstić information content (AvgIpc) is 2.62. The molecule has 18 heavy (non-hydrogen) atoms. The zero-order chi connectivity index (χ0) is 13.4. The molecule has 0 radical (unpaired) electrons. The Morgan fingerprint density at radius 3 is 2.72 bits per heavy atom. The van der Waals surface area contributed by atoms with E-state index in [0.717, 1.165) is 36.4 Å². The summed E-state index contributed by atoms with van der Waals surface area (Å²) in [4.78, 5) is 4.53. The van der Waals surface area contributed by atoms with Gasteiger partial charge in [-0.1, -0.05) is 33.6 Å². The quantitative estimate of drug-likeness (QED) is 0.879. The fourth-order valence-electron chi connectivity index (χ4n) is 3.48. The van der Waals surface area contributed by atoms with Crippen molar-refractivity contribution in [3.8, 4) is 0 Å². The Labute approximate surface area is 114 Å².